The van der Waals surface area contributed by atoms with E-state index in [1.807, 2.05) is 13.8 Å². The van der Waals surface area contributed by atoms with Gasteiger partial charge in [0.15, 0.2) is 12.4 Å². The number of ether oxygens (including phenoxy) is 1. The van der Waals surface area contributed by atoms with Crippen LogP contribution in [0.15, 0.2) is 16.7 Å². The maximum absolute atomic E-state index is 5.87. The Bertz CT molecular complexity index is 609. The Balaban J connectivity index is 1.68. The van der Waals surface area contributed by atoms with Crippen LogP contribution in [0.25, 0.3) is 0 Å². The predicted octanol–water partition coefficient (Wildman–Crippen LogP) is 2.64. The highest BCUT2D eigenvalue weighted by Gasteiger charge is 2.28. The topological polar surface area (TPSA) is 74.2 Å². The van der Waals surface area contributed by atoms with Crippen LogP contribution >= 0.6 is 0 Å². The van der Waals surface area contributed by atoms with Crippen LogP contribution < -0.4 is 10.5 Å². The van der Waals surface area contributed by atoms with Crippen molar-refractivity contribution in [3.63, 3.8) is 0 Å². The van der Waals surface area contributed by atoms with E-state index in [2.05, 4.69) is 22.3 Å². The smallest absolute Gasteiger partial charge is 0.264 e. The van der Waals surface area contributed by atoms with Gasteiger partial charge in [0.1, 0.15) is 5.75 Å². The highest BCUT2D eigenvalue weighted by molar-refractivity contribution is 5.43. The summed E-state index contributed by atoms with van der Waals surface area (Å²) in [6, 6.07) is 4.25. The van der Waals surface area contributed by atoms with Gasteiger partial charge < -0.3 is 15.0 Å². The van der Waals surface area contributed by atoms with Crippen molar-refractivity contribution in [1.29, 1.82) is 0 Å². The molecule has 1 aliphatic carbocycles. The maximum atomic E-state index is 5.87. The molecule has 5 nitrogen and oxygen atoms in total. The van der Waals surface area contributed by atoms with Crippen molar-refractivity contribution in [2.75, 3.05) is 6.54 Å². The molecule has 0 aliphatic heterocycles. The Morgan fingerprint density at radius 3 is 2.62 bits per heavy atom. The van der Waals surface area contributed by atoms with Gasteiger partial charge in [-0.2, -0.15) is 4.98 Å². The zero-order chi connectivity index (χ0) is 14.8. The van der Waals surface area contributed by atoms with Crippen LogP contribution in [0.4, 0.5) is 0 Å². The lowest BCUT2D eigenvalue weighted by atomic mass is 10.0. The van der Waals surface area contributed by atoms with Gasteiger partial charge in [-0.1, -0.05) is 17.3 Å². The number of hydrogen-bond acceptors (Lipinski definition) is 5. The average Bonchev–Trinajstić information content (AvgIpc) is 3.18. The zero-order valence-electron chi connectivity index (χ0n) is 12.6. The normalized spacial score (nSPS) is 14.4. The fourth-order valence-corrected chi connectivity index (χ4v) is 2.55. The molecule has 1 aromatic carbocycles. The number of aryl methyl sites for hydroxylation is 2. The molecule has 0 unspecified atom stereocenters. The molecule has 5 heteroatoms. The summed E-state index contributed by atoms with van der Waals surface area (Å²) in [6.07, 6.45) is 3.22. The molecule has 3 rings (SSSR count). The summed E-state index contributed by atoms with van der Waals surface area (Å²) in [7, 11) is 0. The molecule has 0 saturated heterocycles. The predicted molar refractivity (Wildman–Crippen MR) is 79.3 cm³/mol. The lowest BCUT2D eigenvalue weighted by molar-refractivity contribution is 0.240. The minimum Gasteiger partial charge on any atom is -0.483 e. The first-order valence-electron chi connectivity index (χ1n) is 7.43. The third-order valence-electron chi connectivity index (χ3n) is 3.72. The molecule has 0 amide bonds. The Labute approximate surface area is 124 Å². The van der Waals surface area contributed by atoms with Crippen molar-refractivity contribution < 1.29 is 9.26 Å². The van der Waals surface area contributed by atoms with Gasteiger partial charge in [0.2, 0.25) is 0 Å². The van der Waals surface area contributed by atoms with Crippen molar-refractivity contribution >= 4 is 0 Å². The first-order chi connectivity index (χ1) is 10.2. The molecule has 0 spiro atoms. The highest BCUT2D eigenvalue weighted by Crippen LogP contribution is 2.38. The fourth-order valence-electron chi connectivity index (χ4n) is 2.55. The largest absolute Gasteiger partial charge is 0.483 e. The molecule has 1 saturated carbocycles. The summed E-state index contributed by atoms with van der Waals surface area (Å²) in [5, 5.41) is 3.99. The van der Waals surface area contributed by atoms with E-state index in [-0.39, 0.29) is 0 Å². The Hall–Kier alpha value is -1.88. The second-order valence-electron chi connectivity index (χ2n) is 5.71. The van der Waals surface area contributed by atoms with Crippen molar-refractivity contribution in [2.24, 2.45) is 5.73 Å². The molecular weight excluding hydrogens is 266 g/mol. The lowest BCUT2D eigenvalue weighted by Gasteiger charge is -2.12. The van der Waals surface area contributed by atoms with E-state index in [1.54, 1.807) is 0 Å². The molecule has 1 heterocycles. The number of rotatable bonds is 6. The number of aromatic nitrogens is 2. The Kier molecular flexibility index (Phi) is 3.92. The summed E-state index contributed by atoms with van der Waals surface area (Å²) < 4.78 is 11.1. The average molecular weight is 287 g/mol. The van der Waals surface area contributed by atoms with E-state index in [9.17, 15) is 0 Å². The van der Waals surface area contributed by atoms with Crippen LogP contribution in [0.5, 0.6) is 5.75 Å². The molecular formula is C16H21N3O2. The second-order valence-corrected chi connectivity index (χ2v) is 5.71. The van der Waals surface area contributed by atoms with Crippen LogP contribution in [0.2, 0.25) is 0 Å². The standard InChI is InChI=1S/C16H21N3O2/c1-10-7-12(5-6-17)8-11(2)15(10)20-9-14-18-16(19-21-14)13-3-4-13/h7-8,13H,3-6,9,17H2,1-2H3. The monoisotopic (exact) mass is 287 g/mol. The van der Waals surface area contributed by atoms with Crippen LogP contribution in [0.1, 0.15) is 47.2 Å². The van der Waals surface area contributed by atoms with Gasteiger partial charge >= 0.3 is 0 Å². The van der Waals surface area contributed by atoms with E-state index in [0.29, 0.717) is 25.0 Å². The van der Waals surface area contributed by atoms with E-state index >= 15 is 0 Å². The molecule has 1 aromatic heterocycles. The van der Waals surface area contributed by atoms with Gasteiger partial charge in [-0.15, -0.1) is 0 Å². The van der Waals surface area contributed by atoms with Crippen LogP contribution in [0, 0.1) is 13.8 Å². The number of nitrogens with two attached hydrogens (primary N) is 1. The van der Waals surface area contributed by atoms with E-state index in [0.717, 1.165) is 29.1 Å². The summed E-state index contributed by atoms with van der Waals surface area (Å²) in [5.41, 5.74) is 9.07. The Morgan fingerprint density at radius 1 is 1.29 bits per heavy atom. The molecule has 0 radical (unpaired) electrons. The molecule has 1 aliphatic rings. The number of benzene rings is 1. The lowest BCUT2D eigenvalue weighted by Crippen LogP contribution is -2.05. The second kappa shape index (κ2) is 5.85. The number of hydrogen-bond donors (Lipinski definition) is 1. The highest BCUT2D eigenvalue weighted by atomic mass is 16.5. The summed E-state index contributed by atoms with van der Waals surface area (Å²) in [4.78, 5) is 4.37. The van der Waals surface area contributed by atoms with Crippen molar-refractivity contribution in [3.8, 4) is 5.75 Å². The minimum absolute atomic E-state index is 0.317. The SMILES string of the molecule is Cc1cc(CCN)cc(C)c1OCc1nc(C2CC2)no1. The maximum Gasteiger partial charge on any atom is 0.264 e. The van der Waals surface area contributed by atoms with Gasteiger partial charge in [-0.25, -0.2) is 0 Å². The van der Waals surface area contributed by atoms with Crippen molar-refractivity contribution in [3.05, 3.63) is 40.5 Å². The summed E-state index contributed by atoms with van der Waals surface area (Å²) in [6.45, 7) is 5.07. The van der Waals surface area contributed by atoms with Gasteiger partial charge in [-0.05, 0) is 56.3 Å². The minimum atomic E-state index is 0.317. The van der Waals surface area contributed by atoms with Gasteiger partial charge in [0, 0.05) is 5.92 Å². The summed E-state index contributed by atoms with van der Waals surface area (Å²) >= 11 is 0. The molecule has 0 atom stereocenters. The van der Waals surface area contributed by atoms with Crippen LogP contribution in [-0.4, -0.2) is 16.7 Å². The molecule has 21 heavy (non-hydrogen) atoms. The first kappa shape index (κ1) is 14.1. The van der Waals surface area contributed by atoms with Gasteiger partial charge in [0.05, 0.1) is 0 Å². The molecule has 2 N–H and O–H groups in total. The Morgan fingerprint density at radius 2 is 2.00 bits per heavy atom. The third-order valence-corrected chi connectivity index (χ3v) is 3.72. The molecule has 112 valence electrons. The third kappa shape index (κ3) is 3.24. The molecule has 1 fully saturated rings. The van der Waals surface area contributed by atoms with Crippen LogP contribution in [-0.2, 0) is 13.0 Å². The van der Waals surface area contributed by atoms with Crippen molar-refractivity contribution in [1.82, 2.24) is 10.1 Å². The van der Waals surface area contributed by atoms with E-state index in [1.165, 1.54) is 18.4 Å². The fraction of sp³-hybridized carbons (Fsp3) is 0.500. The van der Waals surface area contributed by atoms with E-state index < -0.39 is 0 Å². The van der Waals surface area contributed by atoms with Gasteiger partial charge in [0.25, 0.3) is 5.89 Å². The van der Waals surface area contributed by atoms with Crippen LogP contribution in [0.3, 0.4) is 0 Å². The first-order valence-corrected chi connectivity index (χ1v) is 7.43. The quantitative estimate of drug-likeness (QED) is 0.884. The van der Waals surface area contributed by atoms with Gasteiger partial charge in [-0.3, -0.25) is 0 Å². The van der Waals surface area contributed by atoms with Crippen molar-refractivity contribution in [2.45, 2.75) is 45.6 Å². The zero-order valence-corrected chi connectivity index (χ0v) is 12.6. The summed E-state index contributed by atoms with van der Waals surface area (Å²) in [5.74, 6) is 2.76. The molecule has 2 aromatic rings. The van der Waals surface area contributed by atoms with E-state index in [4.69, 9.17) is 15.0 Å². The number of nitrogens with zero attached hydrogens (tertiary/aromatic N) is 2. The molecule has 0 bridgehead atoms.